The standard InChI is InChI=1S/C21H22N2O6S/c1-28-14-7-9-15(10-8-14)30(26,27)23-19-12-11-18(16-5-3-4-6-17(16)19)22-20(13-24)21(25)29-2/h3-12,20,22-24H,13H2,1-2H3/t20-/m0/s1. The predicted octanol–water partition coefficient (Wildman–Crippen LogP) is 2.59. The molecular formula is C21H22N2O6S. The number of sulfonamides is 1. The van der Waals surface area contributed by atoms with E-state index in [0.29, 0.717) is 27.9 Å². The zero-order valence-corrected chi connectivity index (χ0v) is 17.3. The van der Waals surface area contributed by atoms with Crippen LogP contribution < -0.4 is 14.8 Å². The van der Waals surface area contributed by atoms with E-state index in [0.717, 1.165) is 0 Å². The van der Waals surface area contributed by atoms with E-state index in [1.165, 1.54) is 26.4 Å². The van der Waals surface area contributed by atoms with Crippen molar-refractivity contribution in [2.45, 2.75) is 10.9 Å². The topological polar surface area (TPSA) is 114 Å². The van der Waals surface area contributed by atoms with Crippen LogP contribution in [0.1, 0.15) is 0 Å². The van der Waals surface area contributed by atoms with Crippen molar-refractivity contribution in [1.82, 2.24) is 0 Å². The van der Waals surface area contributed by atoms with Crippen LogP contribution in [0.25, 0.3) is 10.8 Å². The molecule has 0 aromatic heterocycles. The van der Waals surface area contributed by atoms with Crippen molar-refractivity contribution >= 4 is 38.1 Å². The number of aliphatic hydroxyl groups excluding tert-OH is 1. The van der Waals surface area contributed by atoms with Crippen LogP contribution in [-0.2, 0) is 19.6 Å². The maximum absolute atomic E-state index is 12.8. The molecule has 3 N–H and O–H groups in total. The summed E-state index contributed by atoms with van der Waals surface area (Å²) in [6.45, 7) is -0.452. The van der Waals surface area contributed by atoms with Crippen LogP contribution in [0.3, 0.4) is 0 Å². The molecule has 1 atom stereocenters. The Hall–Kier alpha value is -3.30. The van der Waals surface area contributed by atoms with E-state index in [-0.39, 0.29) is 4.90 Å². The fourth-order valence-corrected chi connectivity index (χ4v) is 4.06. The smallest absolute Gasteiger partial charge is 0.330 e. The summed E-state index contributed by atoms with van der Waals surface area (Å²) in [5, 5.41) is 13.7. The minimum Gasteiger partial charge on any atom is -0.497 e. The molecule has 0 saturated heterocycles. The van der Waals surface area contributed by atoms with Gasteiger partial charge in [-0.3, -0.25) is 4.72 Å². The van der Waals surface area contributed by atoms with Crippen molar-refractivity contribution in [3.8, 4) is 5.75 Å². The fraction of sp³-hybridized carbons (Fsp3) is 0.190. The summed E-state index contributed by atoms with van der Waals surface area (Å²) >= 11 is 0. The summed E-state index contributed by atoms with van der Waals surface area (Å²) in [4.78, 5) is 11.9. The number of anilines is 2. The van der Waals surface area contributed by atoms with E-state index >= 15 is 0 Å². The maximum atomic E-state index is 12.8. The average Bonchev–Trinajstić information content (AvgIpc) is 2.78. The maximum Gasteiger partial charge on any atom is 0.330 e. The van der Waals surface area contributed by atoms with Gasteiger partial charge in [-0.05, 0) is 36.4 Å². The average molecular weight is 430 g/mol. The Morgan fingerprint density at radius 1 is 0.967 bits per heavy atom. The number of esters is 1. The van der Waals surface area contributed by atoms with Crippen LogP contribution in [0.2, 0.25) is 0 Å². The Kier molecular flexibility index (Phi) is 6.43. The highest BCUT2D eigenvalue weighted by Crippen LogP contribution is 2.32. The number of carbonyl (C=O) groups excluding carboxylic acids is 1. The molecule has 8 nitrogen and oxygen atoms in total. The third kappa shape index (κ3) is 4.47. The zero-order valence-electron chi connectivity index (χ0n) is 16.5. The van der Waals surface area contributed by atoms with Crippen molar-refractivity contribution in [2.75, 3.05) is 30.9 Å². The SMILES string of the molecule is COC(=O)[C@H](CO)Nc1ccc(NS(=O)(=O)c2ccc(OC)cc2)c2ccccc12. The molecule has 0 bridgehead atoms. The van der Waals surface area contributed by atoms with Crippen molar-refractivity contribution in [2.24, 2.45) is 0 Å². The zero-order chi connectivity index (χ0) is 21.7. The van der Waals surface area contributed by atoms with E-state index < -0.39 is 28.6 Å². The van der Waals surface area contributed by atoms with Crippen molar-refractivity contribution < 1.29 is 27.8 Å². The lowest BCUT2D eigenvalue weighted by molar-refractivity contribution is -0.142. The quantitative estimate of drug-likeness (QED) is 0.471. The van der Waals surface area contributed by atoms with E-state index in [1.807, 2.05) is 0 Å². The highest BCUT2D eigenvalue weighted by Gasteiger charge is 2.20. The number of methoxy groups -OCH3 is 2. The Morgan fingerprint density at radius 2 is 1.57 bits per heavy atom. The number of fused-ring (bicyclic) bond motifs is 1. The van der Waals surface area contributed by atoms with Crippen LogP contribution in [0, 0.1) is 0 Å². The third-order valence-corrected chi connectivity index (χ3v) is 5.92. The van der Waals surface area contributed by atoms with Crippen LogP contribution in [-0.4, -0.2) is 46.4 Å². The van der Waals surface area contributed by atoms with E-state index in [4.69, 9.17) is 4.74 Å². The van der Waals surface area contributed by atoms with Gasteiger partial charge in [-0.15, -0.1) is 0 Å². The van der Waals surface area contributed by atoms with Gasteiger partial charge in [-0.2, -0.15) is 0 Å². The molecular weight excluding hydrogens is 408 g/mol. The number of hydrogen-bond donors (Lipinski definition) is 3. The van der Waals surface area contributed by atoms with Gasteiger partial charge in [0, 0.05) is 16.5 Å². The van der Waals surface area contributed by atoms with Crippen molar-refractivity contribution in [3.05, 3.63) is 60.7 Å². The Labute approximate surface area is 174 Å². The largest absolute Gasteiger partial charge is 0.497 e. The van der Waals surface area contributed by atoms with Gasteiger partial charge in [0.1, 0.15) is 11.8 Å². The first kappa shape index (κ1) is 21.4. The lowest BCUT2D eigenvalue weighted by Gasteiger charge is -2.18. The second kappa shape index (κ2) is 9.02. The molecule has 0 amide bonds. The number of carbonyl (C=O) groups is 1. The van der Waals surface area contributed by atoms with Gasteiger partial charge >= 0.3 is 5.97 Å². The first-order valence-corrected chi connectivity index (χ1v) is 10.5. The van der Waals surface area contributed by atoms with Gasteiger partial charge in [0.15, 0.2) is 0 Å². The van der Waals surface area contributed by atoms with Crippen LogP contribution in [0.5, 0.6) is 5.75 Å². The normalized spacial score (nSPS) is 12.2. The monoisotopic (exact) mass is 430 g/mol. The van der Waals surface area contributed by atoms with E-state index in [2.05, 4.69) is 14.8 Å². The van der Waals surface area contributed by atoms with Gasteiger partial charge in [-0.1, -0.05) is 24.3 Å². The summed E-state index contributed by atoms with van der Waals surface area (Å²) in [5.74, 6) is -0.0512. The highest BCUT2D eigenvalue weighted by molar-refractivity contribution is 7.92. The minimum atomic E-state index is -3.83. The van der Waals surface area contributed by atoms with E-state index in [1.54, 1.807) is 48.5 Å². The highest BCUT2D eigenvalue weighted by atomic mass is 32.2. The molecule has 0 saturated carbocycles. The molecule has 3 aromatic carbocycles. The second-order valence-corrected chi connectivity index (χ2v) is 8.07. The molecule has 30 heavy (non-hydrogen) atoms. The predicted molar refractivity (Wildman–Crippen MR) is 114 cm³/mol. The van der Waals surface area contributed by atoms with Crippen molar-refractivity contribution in [3.63, 3.8) is 0 Å². The molecule has 0 aliphatic carbocycles. The Balaban J connectivity index is 1.97. The van der Waals surface area contributed by atoms with Crippen molar-refractivity contribution in [1.29, 1.82) is 0 Å². The summed E-state index contributed by atoms with van der Waals surface area (Å²) in [7, 11) is -1.08. The summed E-state index contributed by atoms with van der Waals surface area (Å²) in [6.07, 6.45) is 0. The fourth-order valence-electron chi connectivity index (χ4n) is 2.98. The van der Waals surface area contributed by atoms with Crippen LogP contribution in [0.15, 0.2) is 65.6 Å². The number of aliphatic hydroxyl groups is 1. The number of hydrogen-bond acceptors (Lipinski definition) is 7. The van der Waals surface area contributed by atoms with Gasteiger partial charge in [0.25, 0.3) is 10.0 Å². The molecule has 9 heteroatoms. The molecule has 0 unspecified atom stereocenters. The Bertz CT molecular complexity index is 1150. The number of rotatable bonds is 8. The summed E-state index contributed by atoms with van der Waals surface area (Å²) < 4.78 is 38.0. The lowest BCUT2D eigenvalue weighted by Crippen LogP contribution is -2.34. The molecule has 0 aliphatic heterocycles. The molecule has 0 heterocycles. The summed E-state index contributed by atoms with van der Waals surface area (Å²) in [6, 6.07) is 15.5. The molecule has 0 radical (unpaired) electrons. The number of ether oxygens (including phenoxy) is 2. The molecule has 0 spiro atoms. The first-order chi connectivity index (χ1) is 14.4. The second-order valence-electron chi connectivity index (χ2n) is 6.39. The van der Waals surface area contributed by atoms with Crippen LogP contribution >= 0.6 is 0 Å². The van der Waals surface area contributed by atoms with Gasteiger partial charge in [0.05, 0.1) is 31.4 Å². The van der Waals surface area contributed by atoms with Gasteiger partial charge in [-0.25, -0.2) is 13.2 Å². The molecule has 0 fully saturated rings. The summed E-state index contributed by atoms with van der Waals surface area (Å²) in [5.41, 5.74) is 0.938. The van der Waals surface area contributed by atoms with Gasteiger partial charge in [0.2, 0.25) is 0 Å². The van der Waals surface area contributed by atoms with Gasteiger partial charge < -0.3 is 19.9 Å². The molecule has 3 rings (SSSR count). The third-order valence-electron chi connectivity index (χ3n) is 4.54. The molecule has 0 aliphatic rings. The first-order valence-electron chi connectivity index (χ1n) is 9.03. The Morgan fingerprint density at radius 3 is 2.13 bits per heavy atom. The molecule has 3 aromatic rings. The minimum absolute atomic E-state index is 0.0978. The molecule has 158 valence electrons. The number of benzene rings is 3. The van der Waals surface area contributed by atoms with Crippen LogP contribution in [0.4, 0.5) is 11.4 Å². The number of nitrogens with one attached hydrogen (secondary N) is 2. The van der Waals surface area contributed by atoms with E-state index in [9.17, 15) is 18.3 Å². The lowest BCUT2D eigenvalue weighted by atomic mass is 10.1.